The van der Waals surface area contributed by atoms with Crippen molar-refractivity contribution in [2.45, 2.75) is 18.9 Å². The molecule has 0 bridgehead atoms. The van der Waals surface area contributed by atoms with Crippen LogP contribution in [0.25, 0.3) is 11.1 Å². The number of rotatable bonds is 8. The first-order chi connectivity index (χ1) is 17.1. The Morgan fingerprint density at radius 3 is 2.33 bits per heavy atom. The van der Waals surface area contributed by atoms with Crippen molar-refractivity contribution in [1.29, 1.82) is 0 Å². The molecular formula is C26H26FN3O5S. The summed E-state index contributed by atoms with van der Waals surface area (Å²) in [4.78, 5) is 19.3. The summed E-state index contributed by atoms with van der Waals surface area (Å²) in [7, 11) is -0.716. The van der Waals surface area contributed by atoms with Gasteiger partial charge in [-0.05, 0) is 59.5 Å². The number of benzene rings is 3. The van der Waals surface area contributed by atoms with Gasteiger partial charge in [0.1, 0.15) is 17.3 Å². The number of carbonyl (C=O) groups excluding carboxylic acids is 1. The van der Waals surface area contributed by atoms with Crippen LogP contribution in [0.3, 0.4) is 0 Å². The number of guanidine groups is 1. The highest BCUT2D eigenvalue weighted by molar-refractivity contribution is 7.87. The molecule has 1 atom stereocenters. The van der Waals surface area contributed by atoms with Crippen molar-refractivity contribution in [3.05, 3.63) is 83.7 Å². The van der Waals surface area contributed by atoms with Gasteiger partial charge in [-0.25, -0.2) is 9.38 Å². The molecule has 1 aliphatic heterocycles. The third-order valence-electron chi connectivity index (χ3n) is 5.95. The molecule has 0 saturated heterocycles. The third kappa shape index (κ3) is 4.51. The second kappa shape index (κ2) is 9.62. The lowest BCUT2D eigenvalue weighted by Gasteiger charge is -2.26. The van der Waals surface area contributed by atoms with Gasteiger partial charge in [-0.15, -0.1) is 0 Å². The van der Waals surface area contributed by atoms with E-state index in [4.69, 9.17) is 14.7 Å². The Kier molecular flexibility index (Phi) is 6.73. The van der Waals surface area contributed by atoms with E-state index in [0.29, 0.717) is 34.4 Å². The van der Waals surface area contributed by atoms with Crippen molar-refractivity contribution in [1.82, 2.24) is 4.90 Å². The zero-order valence-electron chi connectivity index (χ0n) is 20.1. The standard InChI is InChI=1S/C26H26FN3O5S/c1-4-14-36(32,33)35-20-10-8-18(9-11-20)26(24(31)30(2)25(28)29-26)19-7-5-6-17(15-19)22-16-21(34-3)12-13-23(22)27/h5-13,15-16H,4,14H2,1-3H3,(H2,28,29). The van der Waals surface area contributed by atoms with Gasteiger partial charge in [-0.1, -0.05) is 37.3 Å². The van der Waals surface area contributed by atoms with E-state index in [1.807, 2.05) is 0 Å². The Morgan fingerprint density at radius 2 is 1.72 bits per heavy atom. The molecule has 0 fully saturated rings. The number of methoxy groups -OCH3 is 1. The molecule has 0 radical (unpaired) electrons. The number of ether oxygens (including phenoxy) is 1. The van der Waals surface area contributed by atoms with Crippen molar-refractivity contribution in [3.8, 4) is 22.6 Å². The van der Waals surface area contributed by atoms with E-state index in [-0.39, 0.29) is 17.5 Å². The monoisotopic (exact) mass is 511 g/mol. The number of likely N-dealkylation sites (N-methyl/N-ethyl adjacent to an activating group) is 1. The fraction of sp³-hybridized carbons (Fsp3) is 0.231. The molecule has 10 heteroatoms. The highest BCUT2D eigenvalue weighted by Crippen LogP contribution is 2.41. The highest BCUT2D eigenvalue weighted by atomic mass is 32.2. The van der Waals surface area contributed by atoms with Crippen molar-refractivity contribution < 1.29 is 26.5 Å². The number of aliphatic imine (C=N–C) groups is 1. The summed E-state index contributed by atoms with van der Waals surface area (Å²) in [6.45, 7) is 1.74. The van der Waals surface area contributed by atoms with Crippen LogP contribution in [0.4, 0.5) is 4.39 Å². The lowest BCUT2D eigenvalue weighted by molar-refractivity contribution is -0.129. The van der Waals surface area contributed by atoms with Gasteiger partial charge in [0.05, 0.1) is 12.9 Å². The Hall–Kier alpha value is -3.92. The van der Waals surface area contributed by atoms with Crippen LogP contribution in [0, 0.1) is 5.82 Å². The maximum absolute atomic E-state index is 14.7. The van der Waals surface area contributed by atoms with Crippen LogP contribution in [-0.2, 0) is 20.5 Å². The van der Waals surface area contributed by atoms with Gasteiger partial charge in [0, 0.05) is 12.6 Å². The summed E-state index contributed by atoms with van der Waals surface area (Å²) in [6, 6.07) is 17.3. The van der Waals surface area contributed by atoms with Crippen LogP contribution in [0.15, 0.2) is 71.7 Å². The predicted octanol–water partition coefficient (Wildman–Crippen LogP) is 3.65. The van der Waals surface area contributed by atoms with Gasteiger partial charge in [0.25, 0.3) is 5.91 Å². The first-order valence-electron chi connectivity index (χ1n) is 11.2. The molecule has 1 heterocycles. The zero-order chi connectivity index (χ0) is 26.1. The lowest BCUT2D eigenvalue weighted by Crippen LogP contribution is -2.41. The first-order valence-corrected chi connectivity index (χ1v) is 12.8. The molecular weight excluding hydrogens is 485 g/mol. The summed E-state index contributed by atoms with van der Waals surface area (Å²) >= 11 is 0. The molecule has 36 heavy (non-hydrogen) atoms. The van der Waals surface area contributed by atoms with Gasteiger partial charge < -0.3 is 14.7 Å². The second-order valence-electron chi connectivity index (χ2n) is 8.34. The molecule has 3 aromatic carbocycles. The maximum atomic E-state index is 14.7. The van der Waals surface area contributed by atoms with E-state index in [1.165, 1.54) is 43.3 Å². The molecule has 1 amide bonds. The second-order valence-corrected chi connectivity index (χ2v) is 10.0. The van der Waals surface area contributed by atoms with Crippen LogP contribution < -0.4 is 14.7 Å². The summed E-state index contributed by atoms with van der Waals surface area (Å²) in [5.74, 6) is -0.352. The number of nitrogens with zero attached hydrogens (tertiary/aromatic N) is 2. The molecule has 1 aliphatic rings. The molecule has 0 aliphatic carbocycles. The Labute approximate surface area is 209 Å². The molecule has 0 aromatic heterocycles. The minimum atomic E-state index is -3.73. The minimum Gasteiger partial charge on any atom is -0.497 e. The molecule has 0 spiro atoms. The Balaban J connectivity index is 1.83. The molecule has 188 valence electrons. The van der Waals surface area contributed by atoms with Crippen LogP contribution in [0.5, 0.6) is 11.5 Å². The Bertz CT molecular complexity index is 1440. The summed E-state index contributed by atoms with van der Waals surface area (Å²) in [5, 5.41) is 0. The molecule has 3 aromatic rings. The van der Waals surface area contributed by atoms with Crippen molar-refractivity contribution >= 4 is 22.0 Å². The van der Waals surface area contributed by atoms with Crippen molar-refractivity contribution in [3.63, 3.8) is 0 Å². The number of carbonyl (C=O) groups is 1. The minimum absolute atomic E-state index is 0.0174. The smallest absolute Gasteiger partial charge is 0.309 e. The number of halogens is 1. The van der Waals surface area contributed by atoms with Crippen LogP contribution >= 0.6 is 0 Å². The zero-order valence-corrected chi connectivity index (χ0v) is 20.9. The largest absolute Gasteiger partial charge is 0.497 e. The maximum Gasteiger partial charge on any atom is 0.309 e. The van der Waals surface area contributed by atoms with E-state index < -0.39 is 27.4 Å². The Morgan fingerprint density at radius 1 is 1.03 bits per heavy atom. The number of amides is 1. The van der Waals surface area contributed by atoms with Gasteiger partial charge in [-0.3, -0.25) is 9.69 Å². The van der Waals surface area contributed by atoms with Crippen LogP contribution in [0.2, 0.25) is 0 Å². The average Bonchev–Trinajstić information content (AvgIpc) is 3.09. The fourth-order valence-corrected chi connectivity index (χ4v) is 5.13. The number of nitrogens with two attached hydrogens (primary N) is 1. The average molecular weight is 512 g/mol. The van der Waals surface area contributed by atoms with E-state index in [2.05, 4.69) is 4.99 Å². The highest BCUT2D eigenvalue weighted by Gasteiger charge is 2.49. The predicted molar refractivity (Wildman–Crippen MR) is 135 cm³/mol. The summed E-state index contributed by atoms with van der Waals surface area (Å²) in [6.07, 6.45) is 0.419. The van der Waals surface area contributed by atoms with E-state index >= 15 is 0 Å². The van der Waals surface area contributed by atoms with Crippen molar-refractivity contribution in [2.75, 3.05) is 19.9 Å². The van der Waals surface area contributed by atoms with E-state index in [0.717, 1.165) is 0 Å². The normalized spacial score (nSPS) is 17.7. The number of hydrogen-bond acceptors (Lipinski definition) is 7. The van der Waals surface area contributed by atoms with Crippen LogP contribution in [-0.4, -0.2) is 45.1 Å². The van der Waals surface area contributed by atoms with Gasteiger partial charge >= 0.3 is 10.1 Å². The molecule has 0 saturated carbocycles. The van der Waals surface area contributed by atoms with E-state index in [9.17, 15) is 17.6 Å². The molecule has 2 N–H and O–H groups in total. The lowest BCUT2D eigenvalue weighted by atomic mass is 9.81. The fourth-order valence-electron chi connectivity index (χ4n) is 4.14. The van der Waals surface area contributed by atoms with Gasteiger partial charge in [0.2, 0.25) is 0 Å². The third-order valence-corrected chi connectivity index (χ3v) is 7.31. The van der Waals surface area contributed by atoms with Gasteiger partial charge in [-0.2, -0.15) is 8.42 Å². The summed E-state index contributed by atoms with van der Waals surface area (Å²) in [5.41, 5.74) is 6.23. The van der Waals surface area contributed by atoms with Gasteiger partial charge in [0.15, 0.2) is 11.5 Å². The molecule has 1 unspecified atom stereocenters. The SMILES string of the molecule is CCCS(=O)(=O)Oc1ccc(C2(c3cccc(-c4cc(OC)ccc4F)c3)N=C(N)N(C)C2=O)cc1. The van der Waals surface area contributed by atoms with Crippen LogP contribution in [0.1, 0.15) is 24.5 Å². The number of hydrogen-bond donors (Lipinski definition) is 1. The quantitative estimate of drug-likeness (QED) is 0.462. The topological polar surface area (TPSA) is 111 Å². The van der Waals surface area contributed by atoms with Crippen molar-refractivity contribution in [2.24, 2.45) is 10.7 Å². The van der Waals surface area contributed by atoms with E-state index in [1.54, 1.807) is 49.4 Å². The first kappa shape index (κ1) is 25.2. The molecule has 8 nitrogen and oxygen atoms in total. The molecule has 4 rings (SSSR count). The summed E-state index contributed by atoms with van der Waals surface area (Å²) < 4.78 is 49.2.